The van der Waals surface area contributed by atoms with Gasteiger partial charge in [-0.15, -0.1) is 0 Å². The molecule has 0 saturated carbocycles. The lowest BCUT2D eigenvalue weighted by Crippen LogP contribution is -2.21. The molecule has 0 heterocycles. The maximum Gasteiger partial charge on any atom is 0.418 e. The molecule has 78 valence electrons. The second-order valence-corrected chi connectivity index (χ2v) is 2.59. The third-order valence-electron chi connectivity index (χ3n) is 1.59. The summed E-state index contributed by atoms with van der Waals surface area (Å²) in [5.74, 6) is -3.11. The highest BCUT2D eigenvalue weighted by molar-refractivity contribution is 5.22. The molecule has 0 aromatic heterocycles. The second kappa shape index (κ2) is 3.53. The zero-order valence-electron chi connectivity index (χ0n) is 6.65. The summed E-state index contributed by atoms with van der Waals surface area (Å²) >= 11 is 0. The highest BCUT2D eigenvalue weighted by Gasteiger charge is 2.41. The molecule has 1 rings (SSSR count). The first-order valence-electron chi connectivity index (χ1n) is 3.52. The minimum Gasteiger partial charge on any atom is -0.379 e. The SMILES string of the molecule is O[C@@H](c1cccc(F)c1F)C(F)(F)F. The van der Waals surface area contributed by atoms with E-state index in [1.807, 2.05) is 0 Å². The number of hydrogen-bond acceptors (Lipinski definition) is 1. The molecule has 0 bridgehead atoms. The Balaban J connectivity index is 3.14. The molecule has 1 nitrogen and oxygen atoms in total. The summed E-state index contributed by atoms with van der Waals surface area (Å²) in [7, 11) is 0. The van der Waals surface area contributed by atoms with Gasteiger partial charge in [0.2, 0.25) is 0 Å². The number of benzene rings is 1. The van der Waals surface area contributed by atoms with Gasteiger partial charge in [0.05, 0.1) is 0 Å². The van der Waals surface area contributed by atoms with Crippen LogP contribution in [0.25, 0.3) is 0 Å². The Hall–Kier alpha value is -1.17. The molecule has 1 atom stereocenters. The number of rotatable bonds is 1. The molecule has 1 N–H and O–H groups in total. The fourth-order valence-corrected chi connectivity index (χ4v) is 0.908. The van der Waals surface area contributed by atoms with Crippen LogP contribution >= 0.6 is 0 Å². The number of aliphatic hydroxyl groups excluding tert-OH is 1. The van der Waals surface area contributed by atoms with Crippen LogP contribution < -0.4 is 0 Å². The fraction of sp³-hybridized carbons (Fsp3) is 0.250. The molecule has 0 radical (unpaired) electrons. The van der Waals surface area contributed by atoms with E-state index < -0.39 is 29.5 Å². The molecule has 6 heteroatoms. The first-order valence-corrected chi connectivity index (χ1v) is 3.52. The van der Waals surface area contributed by atoms with E-state index in [2.05, 4.69) is 0 Å². The van der Waals surface area contributed by atoms with E-state index in [1.54, 1.807) is 0 Å². The lowest BCUT2D eigenvalue weighted by Gasteiger charge is -2.15. The van der Waals surface area contributed by atoms with Crippen molar-refractivity contribution in [3.8, 4) is 0 Å². The van der Waals surface area contributed by atoms with E-state index in [1.165, 1.54) is 0 Å². The number of halogens is 5. The molecule has 0 amide bonds. The molecular weight excluding hydrogens is 207 g/mol. The molecule has 0 fully saturated rings. The van der Waals surface area contributed by atoms with Gasteiger partial charge in [0.15, 0.2) is 17.7 Å². The van der Waals surface area contributed by atoms with Crippen molar-refractivity contribution in [3.05, 3.63) is 35.4 Å². The summed E-state index contributed by atoms with van der Waals surface area (Å²) in [5.41, 5.74) is -1.11. The summed E-state index contributed by atoms with van der Waals surface area (Å²) in [6, 6.07) is 2.24. The van der Waals surface area contributed by atoms with Gasteiger partial charge in [-0.3, -0.25) is 0 Å². The highest BCUT2D eigenvalue weighted by atomic mass is 19.4. The number of aliphatic hydroxyl groups is 1. The lowest BCUT2D eigenvalue weighted by atomic mass is 10.1. The number of alkyl halides is 3. The minimum absolute atomic E-state index is 0.669. The Bertz CT molecular complexity index is 333. The maximum atomic E-state index is 12.7. The summed E-state index contributed by atoms with van der Waals surface area (Å²) < 4.78 is 60.9. The Morgan fingerprint density at radius 3 is 2.21 bits per heavy atom. The van der Waals surface area contributed by atoms with Crippen molar-refractivity contribution in [1.82, 2.24) is 0 Å². The van der Waals surface area contributed by atoms with E-state index in [0.717, 1.165) is 6.07 Å². The van der Waals surface area contributed by atoms with Crippen LogP contribution in [-0.4, -0.2) is 11.3 Å². The van der Waals surface area contributed by atoms with Crippen LogP contribution in [0.15, 0.2) is 18.2 Å². The van der Waals surface area contributed by atoms with Gasteiger partial charge in [0.25, 0.3) is 0 Å². The Morgan fingerprint density at radius 1 is 1.14 bits per heavy atom. The van der Waals surface area contributed by atoms with Gasteiger partial charge in [0, 0.05) is 5.56 Å². The van der Waals surface area contributed by atoms with Gasteiger partial charge in [-0.05, 0) is 6.07 Å². The van der Waals surface area contributed by atoms with Gasteiger partial charge in [-0.25, -0.2) is 8.78 Å². The molecule has 0 aliphatic carbocycles. The van der Waals surface area contributed by atoms with E-state index in [0.29, 0.717) is 12.1 Å². The molecule has 0 aliphatic heterocycles. The first kappa shape index (κ1) is 10.9. The molecule has 1 aromatic rings. The Labute approximate surface area is 75.8 Å². The topological polar surface area (TPSA) is 20.2 Å². The zero-order chi connectivity index (χ0) is 10.9. The quantitative estimate of drug-likeness (QED) is 0.709. The zero-order valence-corrected chi connectivity index (χ0v) is 6.65. The molecule has 0 unspecified atom stereocenters. The van der Waals surface area contributed by atoms with Crippen molar-refractivity contribution in [2.24, 2.45) is 0 Å². The van der Waals surface area contributed by atoms with Crippen LogP contribution in [0.2, 0.25) is 0 Å². The number of hydrogen-bond donors (Lipinski definition) is 1. The van der Waals surface area contributed by atoms with Gasteiger partial charge in [-0.2, -0.15) is 13.2 Å². The monoisotopic (exact) mass is 212 g/mol. The molecule has 0 aliphatic rings. The average Bonchev–Trinajstić information content (AvgIpc) is 2.07. The Morgan fingerprint density at radius 2 is 1.71 bits per heavy atom. The minimum atomic E-state index is -5.01. The highest BCUT2D eigenvalue weighted by Crippen LogP contribution is 2.33. The van der Waals surface area contributed by atoms with Crippen LogP contribution in [-0.2, 0) is 0 Å². The largest absolute Gasteiger partial charge is 0.418 e. The predicted octanol–water partition coefficient (Wildman–Crippen LogP) is 2.56. The standard InChI is InChI=1S/C8H5F5O/c9-5-3-1-2-4(6(5)10)7(14)8(11,12)13/h1-3,7,14H/t7-/m0/s1. The van der Waals surface area contributed by atoms with E-state index in [-0.39, 0.29) is 0 Å². The van der Waals surface area contributed by atoms with Crippen molar-refractivity contribution >= 4 is 0 Å². The van der Waals surface area contributed by atoms with Crippen molar-refractivity contribution in [3.63, 3.8) is 0 Å². The van der Waals surface area contributed by atoms with Crippen LogP contribution in [0.5, 0.6) is 0 Å². The molecule has 14 heavy (non-hydrogen) atoms. The smallest absolute Gasteiger partial charge is 0.379 e. The van der Waals surface area contributed by atoms with Crippen molar-refractivity contribution < 1.29 is 27.1 Å². The van der Waals surface area contributed by atoms with Crippen LogP contribution in [0.3, 0.4) is 0 Å². The lowest BCUT2D eigenvalue weighted by molar-refractivity contribution is -0.207. The molecule has 0 saturated heterocycles. The molecule has 1 aromatic carbocycles. The van der Waals surface area contributed by atoms with Crippen LogP contribution in [0, 0.1) is 11.6 Å². The summed E-state index contributed by atoms with van der Waals surface area (Å²) in [6.45, 7) is 0. The predicted molar refractivity (Wildman–Crippen MR) is 37.4 cm³/mol. The first-order chi connectivity index (χ1) is 6.34. The van der Waals surface area contributed by atoms with Crippen molar-refractivity contribution in [2.45, 2.75) is 12.3 Å². The summed E-state index contributed by atoms with van der Waals surface area (Å²) in [6.07, 6.45) is -8.01. The van der Waals surface area contributed by atoms with Gasteiger partial charge >= 0.3 is 6.18 Å². The van der Waals surface area contributed by atoms with Gasteiger partial charge in [0.1, 0.15) is 0 Å². The molecular formula is C8H5F5O. The van der Waals surface area contributed by atoms with Gasteiger partial charge < -0.3 is 5.11 Å². The van der Waals surface area contributed by atoms with Crippen molar-refractivity contribution in [2.75, 3.05) is 0 Å². The summed E-state index contributed by atoms with van der Waals surface area (Å²) in [5, 5.41) is 8.63. The third kappa shape index (κ3) is 2.01. The van der Waals surface area contributed by atoms with E-state index in [4.69, 9.17) is 5.11 Å². The van der Waals surface area contributed by atoms with Gasteiger partial charge in [-0.1, -0.05) is 12.1 Å². The van der Waals surface area contributed by atoms with E-state index in [9.17, 15) is 22.0 Å². The Kier molecular flexibility index (Phi) is 2.75. The average molecular weight is 212 g/mol. The maximum absolute atomic E-state index is 12.7. The van der Waals surface area contributed by atoms with Crippen LogP contribution in [0.4, 0.5) is 22.0 Å². The summed E-state index contributed by atoms with van der Waals surface area (Å²) in [4.78, 5) is 0. The fourth-order valence-electron chi connectivity index (χ4n) is 0.908. The van der Waals surface area contributed by atoms with Crippen molar-refractivity contribution in [1.29, 1.82) is 0 Å². The third-order valence-corrected chi connectivity index (χ3v) is 1.59. The second-order valence-electron chi connectivity index (χ2n) is 2.59. The van der Waals surface area contributed by atoms with E-state index >= 15 is 0 Å². The van der Waals surface area contributed by atoms with Crippen LogP contribution in [0.1, 0.15) is 11.7 Å². The molecule has 0 spiro atoms. The normalized spacial score (nSPS) is 14.1.